The average Bonchev–Trinajstić information content (AvgIpc) is 1.98. The van der Waals surface area contributed by atoms with E-state index in [0.29, 0.717) is 6.04 Å². The summed E-state index contributed by atoms with van der Waals surface area (Å²) in [6, 6.07) is 1.48. The second-order valence-electron chi connectivity index (χ2n) is 3.61. The van der Waals surface area contributed by atoms with Crippen molar-refractivity contribution in [1.82, 2.24) is 4.90 Å². The summed E-state index contributed by atoms with van der Waals surface area (Å²) in [5, 5.41) is 0. The maximum absolute atomic E-state index is 2.48. The third kappa shape index (κ3) is 3.76. The molecule has 0 fully saturated rings. The van der Waals surface area contributed by atoms with Gasteiger partial charge in [0.1, 0.15) is 0 Å². The minimum Gasteiger partial charge on any atom is -0.301 e. The Bertz CT molecular complexity index is 88.9. The second kappa shape index (κ2) is 5.59. The summed E-state index contributed by atoms with van der Waals surface area (Å²) < 4.78 is 0. The van der Waals surface area contributed by atoms with Crippen LogP contribution < -0.4 is 0 Å². The molecule has 0 aliphatic carbocycles. The molecule has 68 valence electrons. The summed E-state index contributed by atoms with van der Waals surface area (Å²) >= 11 is 0. The van der Waals surface area contributed by atoms with E-state index >= 15 is 0 Å². The number of rotatable bonds is 5. The van der Waals surface area contributed by atoms with E-state index < -0.39 is 0 Å². The molecule has 0 saturated heterocycles. The molecule has 0 aliphatic rings. The Morgan fingerprint density at radius 1 is 1.18 bits per heavy atom. The van der Waals surface area contributed by atoms with E-state index in [1.807, 2.05) is 0 Å². The largest absolute Gasteiger partial charge is 0.301 e. The second-order valence-corrected chi connectivity index (χ2v) is 3.61. The van der Waals surface area contributed by atoms with Gasteiger partial charge in [0.2, 0.25) is 0 Å². The summed E-state index contributed by atoms with van der Waals surface area (Å²) in [6.45, 7) is 9.06. The lowest BCUT2D eigenvalue weighted by atomic mass is 10.1. The predicted molar refractivity (Wildman–Crippen MR) is 51.9 cm³/mol. The van der Waals surface area contributed by atoms with Crippen LogP contribution in [0.4, 0.5) is 0 Å². The van der Waals surface area contributed by atoms with E-state index in [9.17, 15) is 0 Å². The molecule has 0 aromatic carbocycles. The van der Waals surface area contributed by atoms with Crippen LogP contribution in [0.3, 0.4) is 0 Å². The van der Waals surface area contributed by atoms with Crippen molar-refractivity contribution < 1.29 is 0 Å². The Kier molecular flexibility index (Phi) is 5.57. The summed E-state index contributed by atoms with van der Waals surface area (Å²) in [4.78, 5) is 2.48. The number of nitrogens with zero attached hydrogens (tertiary/aromatic N) is 1. The van der Waals surface area contributed by atoms with Gasteiger partial charge in [0.25, 0.3) is 0 Å². The fourth-order valence-corrected chi connectivity index (χ4v) is 1.45. The highest BCUT2D eigenvalue weighted by Gasteiger charge is 2.13. The van der Waals surface area contributed by atoms with E-state index in [4.69, 9.17) is 0 Å². The monoisotopic (exact) mass is 157 g/mol. The molecule has 0 radical (unpaired) electrons. The highest BCUT2D eigenvalue weighted by atomic mass is 15.1. The molecule has 11 heavy (non-hydrogen) atoms. The molecule has 0 aromatic heterocycles. The van der Waals surface area contributed by atoms with E-state index in [1.54, 1.807) is 0 Å². The van der Waals surface area contributed by atoms with Crippen molar-refractivity contribution in [3.63, 3.8) is 0 Å². The third-order valence-electron chi connectivity index (χ3n) is 2.48. The fraction of sp³-hybridized carbons (Fsp3) is 1.00. The van der Waals surface area contributed by atoms with Gasteiger partial charge in [-0.2, -0.15) is 0 Å². The molecule has 0 amide bonds. The number of hydrogen-bond acceptors (Lipinski definition) is 1. The normalized spacial score (nSPS) is 14.5. The van der Waals surface area contributed by atoms with Crippen molar-refractivity contribution in [3.05, 3.63) is 0 Å². The van der Waals surface area contributed by atoms with Gasteiger partial charge in [-0.3, -0.25) is 0 Å². The molecular formula is C10H23N. The van der Waals surface area contributed by atoms with Crippen LogP contribution in [0.1, 0.15) is 47.0 Å². The van der Waals surface area contributed by atoms with Crippen molar-refractivity contribution in [1.29, 1.82) is 0 Å². The van der Waals surface area contributed by atoms with Crippen LogP contribution in [0, 0.1) is 0 Å². The van der Waals surface area contributed by atoms with Gasteiger partial charge in [0.15, 0.2) is 0 Å². The topological polar surface area (TPSA) is 3.24 Å². The maximum atomic E-state index is 2.48. The summed E-state index contributed by atoms with van der Waals surface area (Å²) in [5.41, 5.74) is 0. The number of hydrogen-bond donors (Lipinski definition) is 0. The summed E-state index contributed by atoms with van der Waals surface area (Å²) in [7, 11) is 2.23. The van der Waals surface area contributed by atoms with Crippen LogP contribution in [0.2, 0.25) is 0 Å². The van der Waals surface area contributed by atoms with Gasteiger partial charge in [-0.05, 0) is 33.7 Å². The van der Waals surface area contributed by atoms with Crippen LogP contribution in [0.5, 0.6) is 0 Å². The van der Waals surface area contributed by atoms with Crippen LogP contribution in [0.15, 0.2) is 0 Å². The van der Waals surface area contributed by atoms with Gasteiger partial charge < -0.3 is 4.90 Å². The summed E-state index contributed by atoms with van der Waals surface area (Å²) in [6.07, 6.45) is 3.92. The van der Waals surface area contributed by atoms with Crippen LogP contribution in [0.25, 0.3) is 0 Å². The zero-order valence-electron chi connectivity index (χ0n) is 8.72. The zero-order valence-corrected chi connectivity index (χ0v) is 8.72. The van der Waals surface area contributed by atoms with E-state index in [2.05, 4.69) is 39.6 Å². The Morgan fingerprint density at radius 3 is 2.00 bits per heavy atom. The Labute approximate surface area is 71.8 Å². The van der Waals surface area contributed by atoms with Crippen LogP contribution in [-0.2, 0) is 0 Å². The Morgan fingerprint density at radius 2 is 1.73 bits per heavy atom. The van der Waals surface area contributed by atoms with Crippen LogP contribution in [-0.4, -0.2) is 24.0 Å². The maximum Gasteiger partial charge on any atom is 0.00921 e. The SMILES string of the molecule is CCCC(CC)N(C)C(C)C. The van der Waals surface area contributed by atoms with E-state index in [-0.39, 0.29) is 0 Å². The molecule has 1 heteroatoms. The highest BCUT2D eigenvalue weighted by Crippen LogP contribution is 2.11. The first-order valence-corrected chi connectivity index (χ1v) is 4.85. The molecule has 1 unspecified atom stereocenters. The van der Waals surface area contributed by atoms with Crippen molar-refractivity contribution in [3.8, 4) is 0 Å². The first kappa shape index (κ1) is 11.0. The molecule has 0 spiro atoms. The molecule has 0 bridgehead atoms. The first-order chi connectivity index (χ1) is 5.13. The fourth-order valence-electron chi connectivity index (χ4n) is 1.45. The summed E-state index contributed by atoms with van der Waals surface area (Å²) in [5.74, 6) is 0. The van der Waals surface area contributed by atoms with Gasteiger partial charge in [0, 0.05) is 12.1 Å². The molecular weight excluding hydrogens is 134 g/mol. The first-order valence-electron chi connectivity index (χ1n) is 4.85. The van der Waals surface area contributed by atoms with Crippen molar-refractivity contribution >= 4 is 0 Å². The van der Waals surface area contributed by atoms with Crippen molar-refractivity contribution in [2.24, 2.45) is 0 Å². The quantitative estimate of drug-likeness (QED) is 0.593. The molecule has 0 aliphatic heterocycles. The highest BCUT2D eigenvalue weighted by molar-refractivity contribution is 4.69. The van der Waals surface area contributed by atoms with Gasteiger partial charge in [0.05, 0.1) is 0 Å². The van der Waals surface area contributed by atoms with Gasteiger partial charge in [-0.15, -0.1) is 0 Å². The molecule has 1 nitrogen and oxygen atoms in total. The molecule has 1 atom stereocenters. The van der Waals surface area contributed by atoms with E-state index in [1.165, 1.54) is 19.3 Å². The molecule has 0 heterocycles. The third-order valence-corrected chi connectivity index (χ3v) is 2.48. The lowest BCUT2D eigenvalue weighted by Crippen LogP contribution is -2.36. The molecule has 0 saturated carbocycles. The Balaban J connectivity index is 3.81. The zero-order chi connectivity index (χ0) is 8.85. The van der Waals surface area contributed by atoms with E-state index in [0.717, 1.165) is 6.04 Å². The molecule has 0 N–H and O–H groups in total. The smallest absolute Gasteiger partial charge is 0.00921 e. The van der Waals surface area contributed by atoms with Crippen molar-refractivity contribution in [2.45, 2.75) is 59.0 Å². The van der Waals surface area contributed by atoms with Gasteiger partial charge in [-0.1, -0.05) is 20.3 Å². The lowest BCUT2D eigenvalue weighted by Gasteiger charge is -2.30. The predicted octanol–water partition coefficient (Wildman–Crippen LogP) is 2.91. The van der Waals surface area contributed by atoms with Crippen molar-refractivity contribution in [2.75, 3.05) is 7.05 Å². The Hall–Kier alpha value is -0.0400. The minimum atomic E-state index is 0.687. The van der Waals surface area contributed by atoms with Gasteiger partial charge in [-0.25, -0.2) is 0 Å². The lowest BCUT2D eigenvalue weighted by molar-refractivity contribution is 0.180. The molecule has 0 rings (SSSR count). The molecule has 0 aromatic rings. The van der Waals surface area contributed by atoms with Crippen LogP contribution >= 0.6 is 0 Å². The van der Waals surface area contributed by atoms with Gasteiger partial charge >= 0.3 is 0 Å². The minimum absolute atomic E-state index is 0.687. The standard InChI is InChI=1S/C10H23N/c1-6-8-10(7-2)11(5)9(3)4/h9-10H,6-8H2,1-5H3. The average molecular weight is 157 g/mol.